The standard InChI is InChI=1S/C15H15ClN2O2/c1-3-20-15(19)11-7-8-13(17-9-11)18-14-10(2)5-4-6-12(14)16/h4-9H,3H2,1-2H3,(H,17,18). The van der Waals surface area contributed by atoms with Crippen LogP contribution in [0, 0.1) is 6.92 Å². The molecule has 0 unspecified atom stereocenters. The van der Waals surface area contributed by atoms with E-state index in [0.717, 1.165) is 11.3 Å². The fourth-order valence-corrected chi connectivity index (χ4v) is 1.99. The van der Waals surface area contributed by atoms with Crippen LogP contribution in [0.5, 0.6) is 0 Å². The maximum atomic E-state index is 11.5. The van der Waals surface area contributed by atoms with Crippen molar-refractivity contribution in [2.45, 2.75) is 13.8 Å². The van der Waals surface area contributed by atoms with Gasteiger partial charge in [-0.25, -0.2) is 9.78 Å². The van der Waals surface area contributed by atoms with Gasteiger partial charge in [0.05, 0.1) is 22.9 Å². The highest BCUT2D eigenvalue weighted by Gasteiger charge is 2.08. The Kier molecular flexibility index (Phi) is 4.58. The minimum Gasteiger partial charge on any atom is -0.462 e. The fraction of sp³-hybridized carbons (Fsp3) is 0.200. The van der Waals surface area contributed by atoms with Crippen LogP contribution in [0.25, 0.3) is 0 Å². The minimum absolute atomic E-state index is 0.345. The Hall–Kier alpha value is -2.07. The number of esters is 1. The van der Waals surface area contributed by atoms with Crippen molar-refractivity contribution in [3.8, 4) is 0 Å². The highest BCUT2D eigenvalue weighted by atomic mass is 35.5. The summed E-state index contributed by atoms with van der Waals surface area (Å²) in [6, 6.07) is 9.04. The van der Waals surface area contributed by atoms with Crippen molar-refractivity contribution in [3.63, 3.8) is 0 Å². The molecule has 0 amide bonds. The third-order valence-corrected chi connectivity index (χ3v) is 3.06. The van der Waals surface area contributed by atoms with Gasteiger partial charge < -0.3 is 10.1 Å². The molecule has 4 nitrogen and oxygen atoms in total. The van der Waals surface area contributed by atoms with Crippen LogP contribution in [0.4, 0.5) is 11.5 Å². The zero-order chi connectivity index (χ0) is 14.5. The van der Waals surface area contributed by atoms with Crippen LogP contribution in [-0.2, 0) is 4.74 Å². The average Bonchev–Trinajstić information content (AvgIpc) is 2.44. The molecule has 0 aliphatic rings. The van der Waals surface area contributed by atoms with Crippen LogP contribution in [0.15, 0.2) is 36.5 Å². The van der Waals surface area contributed by atoms with Crippen molar-refractivity contribution in [2.75, 3.05) is 11.9 Å². The summed E-state index contributed by atoms with van der Waals surface area (Å²) in [7, 11) is 0. The maximum absolute atomic E-state index is 11.5. The molecule has 0 aliphatic heterocycles. The van der Waals surface area contributed by atoms with Crippen LogP contribution < -0.4 is 5.32 Å². The molecule has 0 bridgehead atoms. The second-order valence-corrected chi connectivity index (χ2v) is 4.62. The molecule has 0 spiro atoms. The minimum atomic E-state index is -0.375. The van der Waals surface area contributed by atoms with E-state index < -0.39 is 0 Å². The first kappa shape index (κ1) is 14.3. The quantitative estimate of drug-likeness (QED) is 0.866. The van der Waals surface area contributed by atoms with Crippen molar-refractivity contribution in [3.05, 3.63) is 52.7 Å². The molecular formula is C15H15ClN2O2. The van der Waals surface area contributed by atoms with E-state index in [0.29, 0.717) is 23.0 Å². The van der Waals surface area contributed by atoms with Gasteiger partial charge in [-0.1, -0.05) is 23.7 Å². The Labute approximate surface area is 122 Å². The molecule has 104 valence electrons. The lowest BCUT2D eigenvalue weighted by atomic mass is 10.2. The van der Waals surface area contributed by atoms with Crippen LogP contribution in [0.2, 0.25) is 5.02 Å². The van der Waals surface area contributed by atoms with Gasteiger partial charge >= 0.3 is 5.97 Å². The molecule has 1 aromatic heterocycles. The molecule has 0 saturated carbocycles. The summed E-state index contributed by atoms with van der Waals surface area (Å²) in [6.07, 6.45) is 1.48. The van der Waals surface area contributed by atoms with E-state index >= 15 is 0 Å². The van der Waals surface area contributed by atoms with Crippen LogP contribution in [-0.4, -0.2) is 17.6 Å². The number of aromatic nitrogens is 1. The van der Waals surface area contributed by atoms with Gasteiger partial charge in [-0.15, -0.1) is 0 Å². The number of nitrogens with zero attached hydrogens (tertiary/aromatic N) is 1. The summed E-state index contributed by atoms with van der Waals surface area (Å²) in [6.45, 7) is 4.07. The van der Waals surface area contributed by atoms with E-state index in [1.54, 1.807) is 19.1 Å². The molecular weight excluding hydrogens is 276 g/mol. The SMILES string of the molecule is CCOC(=O)c1ccc(Nc2c(C)cccc2Cl)nc1. The van der Waals surface area contributed by atoms with Crippen LogP contribution >= 0.6 is 11.6 Å². The molecule has 0 atom stereocenters. The number of hydrogen-bond acceptors (Lipinski definition) is 4. The van der Waals surface area contributed by atoms with Gasteiger partial charge in [0.2, 0.25) is 0 Å². The molecule has 5 heteroatoms. The summed E-state index contributed by atoms with van der Waals surface area (Å²) in [4.78, 5) is 15.7. The van der Waals surface area contributed by atoms with Gasteiger partial charge in [-0.2, -0.15) is 0 Å². The smallest absolute Gasteiger partial charge is 0.339 e. The average molecular weight is 291 g/mol. The number of para-hydroxylation sites is 1. The number of pyridine rings is 1. The third-order valence-electron chi connectivity index (χ3n) is 2.75. The number of aryl methyl sites for hydroxylation is 1. The number of ether oxygens (including phenoxy) is 1. The number of halogens is 1. The normalized spacial score (nSPS) is 10.2. The van der Waals surface area contributed by atoms with Gasteiger partial charge in [-0.3, -0.25) is 0 Å². The third kappa shape index (κ3) is 3.27. The largest absolute Gasteiger partial charge is 0.462 e. The molecule has 20 heavy (non-hydrogen) atoms. The predicted octanol–water partition coefficient (Wildman–Crippen LogP) is 3.96. The molecule has 2 aromatic rings. The predicted molar refractivity (Wildman–Crippen MR) is 79.7 cm³/mol. The molecule has 0 radical (unpaired) electrons. The lowest BCUT2D eigenvalue weighted by Crippen LogP contribution is -2.05. The zero-order valence-electron chi connectivity index (χ0n) is 11.3. The number of nitrogens with one attached hydrogen (secondary N) is 1. The van der Waals surface area contributed by atoms with Gasteiger partial charge in [0.1, 0.15) is 5.82 Å². The summed E-state index contributed by atoms with van der Waals surface area (Å²) in [5.41, 5.74) is 2.26. The first-order valence-electron chi connectivity index (χ1n) is 6.27. The van der Waals surface area contributed by atoms with E-state index in [2.05, 4.69) is 10.3 Å². The Morgan fingerprint density at radius 2 is 2.15 bits per heavy atom. The van der Waals surface area contributed by atoms with Crippen molar-refractivity contribution in [1.29, 1.82) is 0 Å². The van der Waals surface area contributed by atoms with E-state index in [-0.39, 0.29) is 5.97 Å². The number of benzene rings is 1. The summed E-state index contributed by atoms with van der Waals surface area (Å²) in [5, 5.41) is 3.77. The second-order valence-electron chi connectivity index (χ2n) is 4.21. The summed E-state index contributed by atoms with van der Waals surface area (Å²) in [5.74, 6) is 0.245. The fourth-order valence-electron chi connectivity index (χ4n) is 1.72. The molecule has 1 N–H and O–H groups in total. The van der Waals surface area contributed by atoms with Gasteiger partial charge in [0.25, 0.3) is 0 Å². The van der Waals surface area contributed by atoms with Crippen LogP contribution in [0.1, 0.15) is 22.8 Å². The van der Waals surface area contributed by atoms with Crippen molar-refractivity contribution in [1.82, 2.24) is 4.98 Å². The van der Waals surface area contributed by atoms with Gasteiger partial charge in [-0.05, 0) is 37.6 Å². The van der Waals surface area contributed by atoms with E-state index in [1.165, 1.54) is 6.20 Å². The second kappa shape index (κ2) is 6.39. The summed E-state index contributed by atoms with van der Waals surface area (Å²) >= 11 is 6.14. The number of anilines is 2. The van der Waals surface area contributed by atoms with E-state index in [9.17, 15) is 4.79 Å². The van der Waals surface area contributed by atoms with Crippen molar-refractivity contribution >= 4 is 29.1 Å². The number of hydrogen-bond donors (Lipinski definition) is 1. The number of carbonyl (C=O) groups is 1. The zero-order valence-corrected chi connectivity index (χ0v) is 12.1. The Morgan fingerprint density at radius 3 is 2.75 bits per heavy atom. The number of carbonyl (C=O) groups excluding carboxylic acids is 1. The summed E-state index contributed by atoms with van der Waals surface area (Å²) < 4.78 is 4.90. The van der Waals surface area contributed by atoms with Crippen molar-refractivity contribution < 1.29 is 9.53 Å². The molecule has 0 aliphatic carbocycles. The Balaban J connectivity index is 2.17. The van der Waals surface area contributed by atoms with Gasteiger partial charge in [0, 0.05) is 6.20 Å². The molecule has 2 rings (SSSR count). The van der Waals surface area contributed by atoms with Gasteiger partial charge in [0.15, 0.2) is 0 Å². The van der Waals surface area contributed by atoms with Crippen molar-refractivity contribution in [2.24, 2.45) is 0 Å². The lowest BCUT2D eigenvalue weighted by Gasteiger charge is -2.10. The highest BCUT2D eigenvalue weighted by Crippen LogP contribution is 2.27. The van der Waals surface area contributed by atoms with E-state index in [1.807, 2.05) is 25.1 Å². The maximum Gasteiger partial charge on any atom is 0.339 e. The first-order valence-corrected chi connectivity index (χ1v) is 6.65. The number of rotatable bonds is 4. The lowest BCUT2D eigenvalue weighted by molar-refractivity contribution is 0.0526. The monoisotopic (exact) mass is 290 g/mol. The highest BCUT2D eigenvalue weighted by molar-refractivity contribution is 6.33. The molecule has 0 fully saturated rings. The van der Waals surface area contributed by atoms with E-state index in [4.69, 9.17) is 16.3 Å². The Morgan fingerprint density at radius 1 is 1.35 bits per heavy atom. The topological polar surface area (TPSA) is 51.2 Å². The molecule has 0 saturated heterocycles. The molecule has 1 heterocycles. The first-order chi connectivity index (χ1) is 9.61. The Bertz CT molecular complexity index is 592. The molecule has 1 aromatic carbocycles. The van der Waals surface area contributed by atoms with Crippen LogP contribution in [0.3, 0.4) is 0 Å².